The predicted octanol–water partition coefficient (Wildman–Crippen LogP) is 2.15. The van der Waals surface area contributed by atoms with Crippen LogP contribution < -0.4 is 10.6 Å². The molecule has 0 saturated carbocycles. The van der Waals surface area contributed by atoms with E-state index in [0.717, 1.165) is 24.4 Å². The molecule has 114 valence electrons. The molecule has 0 aliphatic carbocycles. The number of rotatable bonds is 6. The smallest absolute Gasteiger partial charge is 0.183 e. The third kappa shape index (κ3) is 2.98. The largest absolute Gasteiger partial charge is 0.381 e. The minimum absolute atomic E-state index is 0.244. The van der Waals surface area contributed by atoms with E-state index in [1.165, 1.54) is 6.33 Å². The van der Waals surface area contributed by atoms with Crippen LogP contribution in [0.4, 0.5) is 11.5 Å². The molecule has 0 bridgehead atoms. The summed E-state index contributed by atoms with van der Waals surface area (Å²) in [6.45, 7) is 5.58. The highest BCUT2D eigenvalue weighted by Gasteiger charge is 2.11. The van der Waals surface area contributed by atoms with Crippen LogP contribution in [0, 0.1) is 0 Å². The normalized spacial score (nSPS) is 12.3. The standard InChI is InChI=1S/C15H19N7/c1-3-22-15-13(20-21-22)14(17-10-18-15)16-9-11(2)19-12-7-5-4-6-8-12/h4-8,10-11,19H,3,9H2,1-2H3,(H,16,17,18). The van der Waals surface area contributed by atoms with E-state index in [2.05, 4.69) is 37.8 Å². The Labute approximate surface area is 128 Å². The molecule has 0 radical (unpaired) electrons. The minimum atomic E-state index is 0.244. The predicted molar refractivity (Wildman–Crippen MR) is 86.8 cm³/mol. The number of hydrogen-bond donors (Lipinski definition) is 2. The Morgan fingerprint density at radius 1 is 1.18 bits per heavy atom. The number of nitrogens with one attached hydrogen (secondary N) is 2. The Morgan fingerprint density at radius 3 is 2.77 bits per heavy atom. The van der Waals surface area contributed by atoms with E-state index in [4.69, 9.17) is 0 Å². The number of nitrogens with zero attached hydrogens (tertiary/aromatic N) is 5. The van der Waals surface area contributed by atoms with E-state index < -0.39 is 0 Å². The summed E-state index contributed by atoms with van der Waals surface area (Å²) in [5.41, 5.74) is 2.56. The zero-order valence-corrected chi connectivity index (χ0v) is 12.7. The molecule has 1 atom stereocenters. The van der Waals surface area contributed by atoms with Gasteiger partial charge in [0.1, 0.15) is 6.33 Å². The van der Waals surface area contributed by atoms with Crippen molar-refractivity contribution in [2.24, 2.45) is 0 Å². The van der Waals surface area contributed by atoms with Gasteiger partial charge in [0.05, 0.1) is 0 Å². The fourth-order valence-electron chi connectivity index (χ4n) is 2.25. The molecule has 1 unspecified atom stereocenters. The van der Waals surface area contributed by atoms with Crippen LogP contribution in [-0.2, 0) is 6.54 Å². The van der Waals surface area contributed by atoms with Crippen molar-refractivity contribution in [3.63, 3.8) is 0 Å². The Kier molecular flexibility index (Phi) is 4.13. The Hall–Kier alpha value is -2.70. The van der Waals surface area contributed by atoms with E-state index in [0.29, 0.717) is 11.3 Å². The lowest BCUT2D eigenvalue weighted by Crippen LogP contribution is -2.25. The quantitative estimate of drug-likeness (QED) is 0.725. The van der Waals surface area contributed by atoms with Crippen LogP contribution in [0.25, 0.3) is 11.2 Å². The van der Waals surface area contributed by atoms with Gasteiger partial charge in [0, 0.05) is 24.8 Å². The summed E-state index contributed by atoms with van der Waals surface area (Å²) in [6, 6.07) is 10.4. The van der Waals surface area contributed by atoms with E-state index in [1.807, 2.05) is 37.3 Å². The second kappa shape index (κ2) is 6.38. The summed E-state index contributed by atoms with van der Waals surface area (Å²) < 4.78 is 1.76. The second-order valence-corrected chi connectivity index (χ2v) is 5.09. The average molecular weight is 297 g/mol. The molecule has 2 N–H and O–H groups in total. The van der Waals surface area contributed by atoms with Crippen LogP contribution in [0.2, 0.25) is 0 Å². The highest BCUT2D eigenvalue weighted by molar-refractivity contribution is 5.81. The van der Waals surface area contributed by atoms with Crippen molar-refractivity contribution >= 4 is 22.7 Å². The molecule has 22 heavy (non-hydrogen) atoms. The first-order valence-corrected chi connectivity index (χ1v) is 7.37. The van der Waals surface area contributed by atoms with Gasteiger partial charge in [-0.1, -0.05) is 23.4 Å². The summed E-state index contributed by atoms with van der Waals surface area (Å²) in [5.74, 6) is 0.714. The zero-order valence-electron chi connectivity index (χ0n) is 12.7. The number of para-hydroxylation sites is 1. The monoisotopic (exact) mass is 297 g/mol. The van der Waals surface area contributed by atoms with Gasteiger partial charge in [-0.05, 0) is 26.0 Å². The van der Waals surface area contributed by atoms with Crippen molar-refractivity contribution in [2.75, 3.05) is 17.2 Å². The van der Waals surface area contributed by atoms with Crippen molar-refractivity contribution in [3.05, 3.63) is 36.7 Å². The van der Waals surface area contributed by atoms with Gasteiger partial charge in [0.25, 0.3) is 0 Å². The number of aryl methyl sites for hydroxylation is 1. The Morgan fingerprint density at radius 2 is 2.00 bits per heavy atom. The number of benzene rings is 1. The average Bonchev–Trinajstić information content (AvgIpc) is 2.97. The van der Waals surface area contributed by atoms with Gasteiger partial charge in [-0.3, -0.25) is 0 Å². The molecule has 0 fully saturated rings. The maximum Gasteiger partial charge on any atom is 0.183 e. The molecule has 2 aromatic heterocycles. The molecule has 7 heteroatoms. The lowest BCUT2D eigenvalue weighted by Gasteiger charge is -2.16. The lowest BCUT2D eigenvalue weighted by molar-refractivity contribution is 0.641. The van der Waals surface area contributed by atoms with Gasteiger partial charge in [-0.25, -0.2) is 14.6 Å². The number of fused-ring (bicyclic) bond motifs is 1. The molecular formula is C15H19N7. The first kappa shape index (κ1) is 14.2. The van der Waals surface area contributed by atoms with Gasteiger partial charge in [-0.15, -0.1) is 5.10 Å². The van der Waals surface area contributed by atoms with Crippen LogP contribution >= 0.6 is 0 Å². The lowest BCUT2D eigenvalue weighted by atomic mass is 10.2. The maximum atomic E-state index is 4.27. The van der Waals surface area contributed by atoms with Gasteiger partial charge in [0.15, 0.2) is 17.0 Å². The van der Waals surface area contributed by atoms with Crippen molar-refractivity contribution in [3.8, 4) is 0 Å². The highest BCUT2D eigenvalue weighted by Crippen LogP contribution is 2.16. The summed E-state index contributed by atoms with van der Waals surface area (Å²) in [5, 5.41) is 15.0. The maximum absolute atomic E-state index is 4.27. The molecule has 0 spiro atoms. The molecular weight excluding hydrogens is 278 g/mol. The van der Waals surface area contributed by atoms with Gasteiger partial charge in [0.2, 0.25) is 0 Å². The van der Waals surface area contributed by atoms with Gasteiger partial charge < -0.3 is 10.6 Å². The van der Waals surface area contributed by atoms with Crippen molar-refractivity contribution in [1.82, 2.24) is 25.0 Å². The highest BCUT2D eigenvalue weighted by atomic mass is 15.4. The van der Waals surface area contributed by atoms with Crippen molar-refractivity contribution in [2.45, 2.75) is 26.4 Å². The molecule has 3 rings (SSSR count). The third-order valence-electron chi connectivity index (χ3n) is 3.36. The number of anilines is 2. The summed E-state index contributed by atoms with van der Waals surface area (Å²) in [7, 11) is 0. The summed E-state index contributed by atoms with van der Waals surface area (Å²) >= 11 is 0. The summed E-state index contributed by atoms with van der Waals surface area (Å²) in [4.78, 5) is 8.51. The van der Waals surface area contributed by atoms with Gasteiger partial charge >= 0.3 is 0 Å². The van der Waals surface area contributed by atoms with Crippen LogP contribution in [-0.4, -0.2) is 37.5 Å². The molecule has 3 aromatic rings. The topological polar surface area (TPSA) is 80.5 Å². The molecule has 1 aromatic carbocycles. The third-order valence-corrected chi connectivity index (χ3v) is 3.36. The summed E-state index contributed by atoms with van der Waals surface area (Å²) in [6.07, 6.45) is 1.54. The van der Waals surface area contributed by atoms with Crippen LogP contribution in [0.1, 0.15) is 13.8 Å². The first-order chi connectivity index (χ1) is 10.8. The van der Waals surface area contributed by atoms with Gasteiger partial charge in [-0.2, -0.15) is 0 Å². The fraction of sp³-hybridized carbons (Fsp3) is 0.333. The fourth-order valence-corrected chi connectivity index (χ4v) is 2.25. The van der Waals surface area contributed by atoms with Crippen molar-refractivity contribution < 1.29 is 0 Å². The SMILES string of the molecule is CCn1nnc2c(NCC(C)Nc3ccccc3)ncnc21. The number of aromatic nitrogens is 5. The molecule has 7 nitrogen and oxygen atoms in total. The van der Waals surface area contributed by atoms with Crippen LogP contribution in [0.3, 0.4) is 0 Å². The Balaban J connectivity index is 1.67. The molecule has 2 heterocycles. The molecule has 0 aliphatic rings. The number of hydrogen-bond acceptors (Lipinski definition) is 6. The second-order valence-electron chi connectivity index (χ2n) is 5.09. The molecule has 0 aliphatic heterocycles. The van der Waals surface area contributed by atoms with E-state index in [-0.39, 0.29) is 6.04 Å². The van der Waals surface area contributed by atoms with E-state index in [9.17, 15) is 0 Å². The molecule has 0 saturated heterocycles. The zero-order chi connectivity index (χ0) is 15.4. The van der Waals surface area contributed by atoms with Crippen molar-refractivity contribution in [1.29, 1.82) is 0 Å². The van der Waals surface area contributed by atoms with Crippen LogP contribution in [0.5, 0.6) is 0 Å². The van der Waals surface area contributed by atoms with E-state index in [1.54, 1.807) is 4.68 Å². The first-order valence-electron chi connectivity index (χ1n) is 7.37. The minimum Gasteiger partial charge on any atom is -0.381 e. The van der Waals surface area contributed by atoms with E-state index >= 15 is 0 Å². The van der Waals surface area contributed by atoms with Crippen LogP contribution in [0.15, 0.2) is 36.7 Å². The molecule has 0 amide bonds. The Bertz CT molecular complexity index is 738.